The summed E-state index contributed by atoms with van der Waals surface area (Å²) >= 11 is 1.88. The van der Waals surface area contributed by atoms with Gasteiger partial charge in [-0.3, -0.25) is 0 Å². The fraction of sp³-hybridized carbons (Fsp3) is 0.667. The van der Waals surface area contributed by atoms with Crippen molar-refractivity contribution in [2.24, 2.45) is 5.92 Å². The lowest BCUT2D eigenvalue weighted by Crippen LogP contribution is -1.91. The second kappa shape index (κ2) is 7.02. The topological polar surface area (TPSA) is 0 Å². The van der Waals surface area contributed by atoms with Crippen molar-refractivity contribution in [1.29, 1.82) is 0 Å². The largest absolute Gasteiger partial charge is 0.162 e. The number of terminal acetylenes is 1. The van der Waals surface area contributed by atoms with Gasteiger partial charge >= 0.3 is 0 Å². The SMILES string of the molecule is C#CC(C)CCCSC[CH2]. The molecule has 0 saturated carbocycles. The number of hydrogen-bond donors (Lipinski definition) is 0. The average Bonchev–Trinajstić information content (AvgIpc) is 1.98. The quantitative estimate of drug-likeness (QED) is 0.434. The Morgan fingerprint density at radius 3 is 2.90 bits per heavy atom. The maximum atomic E-state index is 5.22. The van der Waals surface area contributed by atoms with E-state index in [0.29, 0.717) is 5.92 Å². The molecule has 0 aromatic heterocycles. The summed E-state index contributed by atoms with van der Waals surface area (Å²) in [5, 5.41) is 0. The lowest BCUT2D eigenvalue weighted by atomic mass is 10.1. The predicted octanol–water partition coefficient (Wildman–Crippen LogP) is 2.60. The molecule has 0 spiro atoms. The molecule has 0 saturated heterocycles. The van der Waals surface area contributed by atoms with Crippen LogP contribution in [0.25, 0.3) is 0 Å². The molecule has 0 N–H and O–H groups in total. The second-order valence-electron chi connectivity index (χ2n) is 2.32. The van der Waals surface area contributed by atoms with Gasteiger partial charge in [0.25, 0.3) is 0 Å². The zero-order valence-electron chi connectivity index (χ0n) is 6.60. The van der Waals surface area contributed by atoms with Gasteiger partial charge in [-0.25, -0.2) is 0 Å². The Kier molecular flexibility index (Phi) is 6.96. The lowest BCUT2D eigenvalue weighted by molar-refractivity contribution is 0.658. The Balaban J connectivity index is 2.98. The number of rotatable bonds is 5. The third kappa shape index (κ3) is 6.04. The molecule has 0 nitrogen and oxygen atoms in total. The molecule has 1 unspecified atom stereocenters. The highest BCUT2D eigenvalue weighted by atomic mass is 32.2. The first kappa shape index (κ1) is 9.91. The van der Waals surface area contributed by atoms with Gasteiger partial charge in [0.05, 0.1) is 0 Å². The number of thioether (sulfide) groups is 1. The van der Waals surface area contributed by atoms with Crippen LogP contribution in [0.3, 0.4) is 0 Å². The van der Waals surface area contributed by atoms with Crippen LogP contribution in [0.2, 0.25) is 0 Å². The van der Waals surface area contributed by atoms with Gasteiger partial charge in [-0.05, 0) is 31.3 Å². The molecule has 0 rings (SSSR count). The first-order valence-electron chi connectivity index (χ1n) is 3.64. The van der Waals surface area contributed by atoms with Crippen LogP contribution in [0.15, 0.2) is 0 Å². The fourth-order valence-corrected chi connectivity index (χ4v) is 1.25. The molecule has 57 valence electrons. The highest BCUT2D eigenvalue weighted by molar-refractivity contribution is 7.99. The van der Waals surface area contributed by atoms with Crippen molar-refractivity contribution in [2.75, 3.05) is 11.5 Å². The van der Waals surface area contributed by atoms with Crippen LogP contribution in [0.4, 0.5) is 0 Å². The van der Waals surface area contributed by atoms with E-state index >= 15 is 0 Å². The van der Waals surface area contributed by atoms with Gasteiger partial charge in [0.2, 0.25) is 0 Å². The summed E-state index contributed by atoms with van der Waals surface area (Å²) in [5.41, 5.74) is 0. The maximum Gasteiger partial charge on any atom is 0.0172 e. The third-order valence-corrected chi connectivity index (χ3v) is 2.22. The summed E-state index contributed by atoms with van der Waals surface area (Å²) in [4.78, 5) is 0. The Morgan fingerprint density at radius 2 is 2.40 bits per heavy atom. The minimum atomic E-state index is 0.449. The highest BCUT2D eigenvalue weighted by Gasteiger charge is 1.94. The zero-order chi connectivity index (χ0) is 7.82. The first-order chi connectivity index (χ1) is 4.81. The van der Waals surface area contributed by atoms with E-state index in [4.69, 9.17) is 6.42 Å². The smallest absolute Gasteiger partial charge is 0.0172 e. The molecule has 1 radical (unpaired) electrons. The highest BCUT2D eigenvalue weighted by Crippen LogP contribution is 2.08. The van der Waals surface area contributed by atoms with E-state index in [2.05, 4.69) is 19.8 Å². The predicted molar refractivity (Wildman–Crippen MR) is 49.9 cm³/mol. The van der Waals surface area contributed by atoms with Crippen molar-refractivity contribution in [3.63, 3.8) is 0 Å². The van der Waals surface area contributed by atoms with Crippen molar-refractivity contribution in [2.45, 2.75) is 19.8 Å². The summed E-state index contributed by atoms with van der Waals surface area (Å²) in [7, 11) is 0. The first-order valence-corrected chi connectivity index (χ1v) is 4.79. The molecular weight excluding hydrogens is 140 g/mol. The van der Waals surface area contributed by atoms with Crippen molar-refractivity contribution >= 4 is 11.8 Å². The summed E-state index contributed by atoms with van der Waals surface area (Å²) in [6.45, 7) is 5.84. The molecule has 0 aromatic carbocycles. The van der Waals surface area contributed by atoms with Gasteiger partial charge in [0.15, 0.2) is 0 Å². The molecule has 0 aliphatic heterocycles. The molecule has 0 bridgehead atoms. The summed E-state index contributed by atoms with van der Waals surface area (Å²) in [6, 6.07) is 0. The minimum absolute atomic E-state index is 0.449. The van der Waals surface area contributed by atoms with Crippen LogP contribution >= 0.6 is 11.8 Å². The molecule has 0 amide bonds. The van der Waals surface area contributed by atoms with Crippen molar-refractivity contribution < 1.29 is 0 Å². The van der Waals surface area contributed by atoms with Gasteiger partial charge in [0, 0.05) is 5.92 Å². The molecule has 0 fully saturated rings. The fourth-order valence-electron chi connectivity index (χ4n) is 0.677. The molecule has 0 aliphatic rings. The molecule has 0 heterocycles. The van der Waals surface area contributed by atoms with Crippen LogP contribution < -0.4 is 0 Å². The molecule has 10 heavy (non-hydrogen) atoms. The number of hydrogen-bond acceptors (Lipinski definition) is 1. The van der Waals surface area contributed by atoms with E-state index in [9.17, 15) is 0 Å². The van der Waals surface area contributed by atoms with E-state index in [1.165, 1.54) is 12.2 Å². The minimum Gasteiger partial charge on any atom is -0.162 e. The van der Waals surface area contributed by atoms with Crippen molar-refractivity contribution in [3.05, 3.63) is 6.92 Å². The van der Waals surface area contributed by atoms with Crippen LogP contribution in [0.5, 0.6) is 0 Å². The van der Waals surface area contributed by atoms with Gasteiger partial charge < -0.3 is 0 Å². The summed E-state index contributed by atoms with van der Waals surface area (Å²) in [5.74, 6) is 5.35. The Bertz CT molecular complexity index is 102. The van der Waals surface area contributed by atoms with E-state index in [1.54, 1.807) is 0 Å². The molecule has 0 aliphatic carbocycles. The van der Waals surface area contributed by atoms with Crippen LogP contribution in [-0.4, -0.2) is 11.5 Å². The average molecular weight is 155 g/mol. The molecular formula is C9H15S. The van der Waals surface area contributed by atoms with Crippen molar-refractivity contribution in [1.82, 2.24) is 0 Å². The summed E-state index contributed by atoms with van der Waals surface area (Å²) in [6.07, 6.45) is 7.60. The van der Waals surface area contributed by atoms with Crippen LogP contribution in [-0.2, 0) is 0 Å². The second-order valence-corrected chi connectivity index (χ2v) is 3.55. The standard InChI is InChI=1S/C9H15S/c1-4-9(3)7-6-8-10-5-2/h1,9H,2,5-8H2,3H3. The van der Waals surface area contributed by atoms with E-state index < -0.39 is 0 Å². The molecule has 1 atom stereocenters. The normalized spacial score (nSPS) is 12.5. The van der Waals surface area contributed by atoms with Crippen LogP contribution in [0.1, 0.15) is 19.8 Å². The van der Waals surface area contributed by atoms with E-state index in [0.717, 1.165) is 12.2 Å². The maximum absolute atomic E-state index is 5.22. The van der Waals surface area contributed by atoms with Crippen molar-refractivity contribution in [3.8, 4) is 12.3 Å². The van der Waals surface area contributed by atoms with Gasteiger partial charge in [-0.2, -0.15) is 11.8 Å². The zero-order valence-corrected chi connectivity index (χ0v) is 7.41. The van der Waals surface area contributed by atoms with Gasteiger partial charge in [0.1, 0.15) is 0 Å². The molecule has 1 heteroatoms. The van der Waals surface area contributed by atoms with E-state index in [1.807, 2.05) is 11.8 Å². The third-order valence-electron chi connectivity index (χ3n) is 1.35. The van der Waals surface area contributed by atoms with E-state index in [-0.39, 0.29) is 0 Å². The Morgan fingerprint density at radius 1 is 1.70 bits per heavy atom. The Labute approximate surface area is 68.8 Å². The lowest BCUT2D eigenvalue weighted by Gasteiger charge is -2.01. The van der Waals surface area contributed by atoms with Gasteiger partial charge in [-0.15, -0.1) is 12.3 Å². The molecule has 0 aromatic rings. The van der Waals surface area contributed by atoms with Gasteiger partial charge in [-0.1, -0.05) is 6.92 Å². The monoisotopic (exact) mass is 155 g/mol. The summed E-state index contributed by atoms with van der Waals surface area (Å²) < 4.78 is 0. The Hall–Kier alpha value is -0.0900. The van der Waals surface area contributed by atoms with Crippen LogP contribution in [0, 0.1) is 25.2 Å².